The number of carbonyl (C=O) groups excluding carboxylic acids is 1. The van der Waals surface area contributed by atoms with Gasteiger partial charge in [0.2, 0.25) is 0 Å². The first-order chi connectivity index (χ1) is 7.29. The van der Waals surface area contributed by atoms with Gasteiger partial charge in [-0.25, -0.2) is 0 Å². The van der Waals surface area contributed by atoms with Crippen molar-refractivity contribution in [2.75, 3.05) is 6.61 Å². The molecule has 2 atom stereocenters. The second-order valence-electron chi connectivity index (χ2n) is 3.86. The van der Waals surface area contributed by atoms with Gasteiger partial charge < -0.3 is 9.84 Å². The van der Waals surface area contributed by atoms with Crippen molar-refractivity contribution in [3.05, 3.63) is 35.9 Å². The van der Waals surface area contributed by atoms with Crippen LogP contribution in [0.4, 0.5) is 0 Å². The fourth-order valence-corrected chi connectivity index (χ4v) is 1.90. The zero-order valence-electron chi connectivity index (χ0n) is 8.43. The molecule has 1 aliphatic rings. The number of hydrogen-bond acceptors (Lipinski definition) is 3. The predicted octanol–water partition coefficient (Wildman–Crippen LogP) is 1.15. The number of carbonyl (C=O) groups is 1. The summed E-state index contributed by atoms with van der Waals surface area (Å²) in [7, 11) is 0. The van der Waals surface area contributed by atoms with Crippen LogP contribution >= 0.6 is 0 Å². The standard InChI is InChI=1S/C12H14O3/c13-8-11-7-10(12(14)15-11)6-9-4-2-1-3-5-9/h1-5,10-11,13H,6-8H2/t10-,11+/m0/s1. The summed E-state index contributed by atoms with van der Waals surface area (Å²) in [6.45, 7) is -0.0724. The topological polar surface area (TPSA) is 46.5 Å². The Kier molecular flexibility index (Phi) is 3.02. The Labute approximate surface area is 88.7 Å². The summed E-state index contributed by atoms with van der Waals surface area (Å²) in [5, 5.41) is 8.89. The Hall–Kier alpha value is -1.35. The number of ether oxygens (including phenoxy) is 1. The smallest absolute Gasteiger partial charge is 0.309 e. The van der Waals surface area contributed by atoms with Gasteiger partial charge in [0.25, 0.3) is 0 Å². The minimum absolute atomic E-state index is 0.0724. The molecule has 1 N–H and O–H groups in total. The van der Waals surface area contributed by atoms with E-state index in [1.165, 1.54) is 0 Å². The number of aliphatic hydroxyl groups excluding tert-OH is 1. The summed E-state index contributed by atoms with van der Waals surface area (Å²) < 4.78 is 5.01. The van der Waals surface area contributed by atoms with Gasteiger partial charge in [-0.05, 0) is 12.0 Å². The molecule has 80 valence electrons. The van der Waals surface area contributed by atoms with E-state index in [2.05, 4.69) is 0 Å². The summed E-state index contributed by atoms with van der Waals surface area (Å²) in [5.74, 6) is -0.276. The van der Waals surface area contributed by atoms with Crippen molar-refractivity contribution in [1.82, 2.24) is 0 Å². The van der Waals surface area contributed by atoms with Crippen LogP contribution in [0.15, 0.2) is 30.3 Å². The van der Waals surface area contributed by atoms with Crippen LogP contribution in [0.2, 0.25) is 0 Å². The molecule has 0 bridgehead atoms. The van der Waals surface area contributed by atoms with Crippen molar-refractivity contribution in [2.24, 2.45) is 5.92 Å². The molecular formula is C12H14O3. The lowest BCUT2D eigenvalue weighted by molar-refractivity contribution is -0.145. The summed E-state index contributed by atoms with van der Waals surface area (Å²) in [6, 6.07) is 9.87. The number of benzene rings is 1. The third-order valence-electron chi connectivity index (χ3n) is 2.69. The Morgan fingerprint density at radius 3 is 2.67 bits per heavy atom. The molecule has 1 aromatic carbocycles. The highest BCUT2D eigenvalue weighted by molar-refractivity contribution is 5.75. The zero-order valence-corrected chi connectivity index (χ0v) is 8.43. The lowest BCUT2D eigenvalue weighted by atomic mass is 9.96. The van der Waals surface area contributed by atoms with Crippen LogP contribution in [0.1, 0.15) is 12.0 Å². The molecule has 2 rings (SSSR count). The van der Waals surface area contributed by atoms with Gasteiger partial charge in [0.05, 0.1) is 12.5 Å². The fourth-order valence-electron chi connectivity index (χ4n) is 1.90. The van der Waals surface area contributed by atoms with Gasteiger partial charge in [0, 0.05) is 6.42 Å². The largest absolute Gasteiger partial charge is 0.460 e. The first kappa shape index (κ1) is 10.2. The van der Waals surface area contributed by atoms with E-state index in [4.69, 9.17) is 9.84 Å². The van der Waals surface area contributed by atoms with Gasteiger partial charge in [-0.1, -0.05) is 30.3 Å². The molecular weight excluding hydrogens is 192 g/mol. The number of rotatable bonds is 3. The molecule has 3 nitrogen and oxygen atoms in total. The van der Waals surface area contributed by atoms with Gasteiger partial charge in [-0.15, -0.1) is 0 Å². The van der Waals surface area contributed by atoms with E-state index in [-0.39, 0.29) is 24.6 Å². The Bertz CT molecular complexity index is 334. The highest BCUT2D eigenvalue weighted by Crippen LogP contribution is 2.24. The Morgan fingerprint density at radius 2 is 2.07 bits per heavy atom. The molecule has 1 heterocycles. The first-order valence-electron chi connectivity index (χ1n) is 5.15. The maximum atomic E-state index is 11.4. The molecule has 0 spiro atoms. The highest BCUT2D eigenvalue weighted by Gasteiger charge is 2.33. The second kappa shape index (κ2) is 4.45. The van der Waals surface area contributed by atoms with E-state index >= 15 is 0 Å². The van der Waals surface area contributed by atoms with E-state index in [9.17, 15) is 4.79 Å². The van der Waals surface area contributed by atoms with Crippen molar-refractivity contribution in [3.63, 3.8) is 0 Å². The van der Waals surface area contributed by atoms with Gasteiger partial charge in [0.1, 0.15) is 6.10 Å². The number of aliphatic hydroxyl groups is 1. The third-order valence-corrected chi connectivity index (χ3v) is 2.69. The predicted molar refractivity (Wildman–Crippen MR) is 55.2 cm³/mol. The van der Waals surface area contributed by atoms with Crippen LogP contribution in [0.5, 0.6) is 0 Å². The summed E-state index contributed by atoms with van der Waals surface area (Å²) in [6.07, 6.45) is 1.03. The van der Waals surface area contributed by atoms with E-state index in [0.29, 0.717) is 12.8 Å². The van der Waals surface area contributed by atoms with Gasteiger partial charge >= 0.3 is 5.97 Å². The summed E-state index contributed by atoms with van der Waals surface area (Å²) in [4.78, 5) is 11.4. The monoisotopic (exact) mass is 206 g/mol. The molecule has 0 amide bonds. The quantitative estimate of drug-likeness (QED) is 0.755. The maximum absolute atomic E-state index is 11.4. The minimum Gasteiger partial charge on any atom is -0.460 e. The molecule has 0 saturated carbocycles. The van der Waals surface area contributed by atoms with Gasteiger partial charge in [-0.2, -0.15) is 0 Å². The van der Waals surface area contributed by atoms with Crippen molar-refractivity contribution < 1.29 is 14.6 Å². The lowest BCUT2D eigenvalue weighted by Gasteiger charge is -2.04. The Balaban J connectivity index is 1.99. The van der Waals surface area contributed by atoms with E-state index in [0.717, 1.165) is 5.56 Å². The Morgan fingerprint density at radius 1 is 1.33 bits per heavy atom. The zero-order chi connectivity index (χ0) is 10.7. The molecule has 1 aromatic rings. The van der Waals surface area contributed by atoms with Crippen LogP contribution in [-0.4, -0.2) is 23.8 Å². The third kappa shape index (κ3) is 2.36. The van der Waals surface area contributed by atoms with Crippen molar-refractivity contribution in [1.29, 1.82) is 0 Å². The normalized spacial score (nSPS) is 25.3. The molecule has 0 aromatic heterocycles. The lowest BCUT2D eigenvalue weighted by Crippen LogP contribution is -2.11. The SMILES string of the molecule is O=C1O[C@@H](CO)C[C@@H]1Cc1ccccc1. The second-order valence-corrected chi connectivity index (χ2v) is 3.86. The number of hydrogen-bond donors (Lipinski definition) is 1. The molecule has 15 heavy (non-hydrogen) atoms. The molecule has 0 radical (unpaired) electrons. The molecule has 1 saturated heterocycles. The van der Waals surface area contributed by atoms with Crippen LogP contribution in [0, 0.1) is 5.92 Å². The summed E-state index contributed by atoms with van der Waals surface area (Å²) in [5.41, 5.74) is 1.14. The molecule has 3 heteroatoms. The van der Waals surface area contributed by atoms with Crippen molar-refractivity contribution in [3.8, 4) is 0 Å². The van der Waals surface area contributed by atoms with E-state index < -0.39 is 0 Å². The average Bonchev–Trinajstić information content (AvgIpc) is 2.61. The van der Waals surface area contributed by atoms with Crippen LogP contribution in [0.3, 0.4) is 0 Å². The number of cyclic esters (lactones) is 1. The molecule has 1 fully saturated rings. The number of esters is 1. The molecule has 1 aliphatic heterocycles. The van der Waals surface area contributed by atoms with Crippen molar-refractivity contribution in [2.45, 2.75) is 18.9 Å². The summed E-state index contributed by atoms with van der Waals surface area (Å²) >= 11 is 0. The van der Waals surface area contributed by atoms with Crippen molar-refractivity contribution >= 4 is 5.97 Å². The van der Waals surface area contributed by atoms with Gasteiger partial charge in [0.15, 0.2) is 0 Å². The van der Waals surface area contributed by atoms with E-state index in [1.54, 1.807) is 0 Å². The van der Waals surface area contributed by atoms with Crippen LogP contribution in [-0.2, 0) is 16.0 Å². The maximum Gasteiger partial charge on any atom is 0.309 e. The minimum atomic E-state index is -0.300. The highest BCUT2D eigenvalue weighted by atomic mass is 16.6. The molecule has 0 aliphatic carbocycles. The fraction of sp³-hybridized carbons (Fsp3) is 0.417. The molecule has 0 unspecified atom stereocenters. The first-order valence-corrected chi connectivity index (χ1v) is 5.15. The van der Waals surface area contributed by atoms with Gasteiger partial charge in [-0.3, -0.25) is 4.79 Å². The average molecular weight is 206 g/mol. The van der Waals surface area contributed by atoms with E-state index in [1.807, 2.05) is 30.3 Å². The van der Waals surface area contributed by atoms with Crippen LogP contribution < -0.4 is 0 Å². The van der Waals surface area contributed by atoms with Crippen LogP contribution in [0.25, 0.3) is 0 Å².